The van der Waals surface area contributed by atoms with E-state index in [1.54, 1.807) is 24.5 Å². The molecule has 0 atom stereocenters. The topological polar surface area (TPSA) is 116 Å². The molecule has 0 amide bonds. The summed E-state index contributed by atoms with van der Waals surface area (Å²) in [4.78, 5) is 11.4. The van der Waals surface area contributed by atoms with Gasteiger partial charge in [0, 0.05) is 24.6 Å². The monoisotopic (exact) mass is 397 g/mol. The standard InChI is InChI=1S/C18H31N5O3S/c19-18(22-17-9-12-20-13-10-17)21-11-5-2-6-14-27(24,25)23-26-15-16-7-3-1-4-8-16/h9-10,12-13,16,23H,1-8,11,14-15H2,(H3,19,20,21,22). The zero-order chi connectivity index (χ0) is 19.4. The van der Waals surface area contributed by atoms with Gasteiger partial charge in [-0.3, -0.25) is 15.2 Å². The van der Waals surface area contributed by atoms with Crippen molar-refractivity contribution in [1.82, 2.24) is 15.2 Å². The molecule has 1 heterocycles. The van der Waals surface area contributed by atoms with Gasteiger partial charge in [0.2, 0.25) is 10.0 Å². The minimum atomic E-state index is -3.38. The van der Waals surface area contributed by atoms with E-state index in [4.69, 9.17) is 10.2 Å². The van der Waals surface area contributed by atoms with Crippen molar-refractivity contribution < 1.29 is 13.3 Å². The van der Waals surface area contributed by atoms with Gasteiger partial charge < -0.3 is 10.6 Å². The number of aromatic nitrogens is 1. The van der Waals surface area contributed by atoms with Gasteiger partial charge in [0.25, 0.3) is 0 Å². The summed E-state index contributed by atoms with van der Waals surface area (Å²) >= 11 is 0. The second-order valence-electron chi connectivity index (χ2n) is 6.94. The minimum absolute atomic E-state index is 0.0599. The molecule has 1 aliphatic rings. The molecule has 8 nitrogen and oxygen atoms in total. The van der Waals surface area contributed by atoms with Crippen LogP contribution >= 0.6 is 0 Å². The number of nitrogens with zero attached hydrogens (tertiary/aromatic N) is 1. The molecule has 0 aromatic carbocycles. The van der Waals surface area contributed by atoms with Crippen LogP contribution in [0, 0.1) is 11.3 Å². The quantitative estimate of drug-likeness (QED) is 0.197. The molecule has 0 aliphatic heterocycles. The van der Waals surface area contributed by atoms with E-state index >= 15 is 0 Å². The van der Waals surface area contributed by atoms with Gasteiger partial charge >= 0.3 is 0 Å². The lowest BCUT2D eigenvalue weighted by molar-refractivity contribution is 0.0519. The van der Waals surface area contributed by atoms with Gasteiger partial charge in [-0.05, 0) is 43.7 Å². The molecular weight excluding hydrogens is 366 g/mol. The highest BCUT2D eigenvalue weighted by Crippen LogP contribution is 2.23. The average molecular weight is 398 g/mol. The van der Waals surface area contributed by atoms with Crippen molar-refractivity contribution in [2.24, 2.45) is 5.92 Å². The Kier molecular flexibility index (Phi) is 9.51. The maximum Gasteiger partial charge on any atom is 0.233 e. The third-order valence-corrected chi connectivity index (χ3v) is 5.77. The number of guanidine groups is 1. The zero-order valence-corrected chi connectivity index (χ0v) is 16.6. The van der Waals surface area contributed by atoms with Crippen molar-refractivity contribution in [1.29, 1.82) is 5.41 Å². The first-order chi connectivity index (χ1) is 13.1. The Morgan fingerprint density at radius 3 is 2.63 bits per heavy atom. The number of hydrogen-bond acceptors (Lipinski definition) is 5. The summed E-state index contributed by atoms with van der Waals surface area (Å²) in [5.41, 5.74) is 0.799. The van der Waals surface area contributed by atoms with Crippen LogP contribution in [0.1, 0.15) is 51.4 Å². The van der Waals surface area contributed by atoms with Crippen LogP contribution in [-0.4, -0.2) is 38.3 Å². The fourth-order valence-corrected chi connectivity index (χ4v) is 3.98. The number of unbranched alkanes of at least 4 members (excludes halogenated alkanes) is 2. The van der Waals surface area contributed by atoms with Crippen LogP contribution in [0.25, 0.3) is 0 Å². The normalized spacial score (nSPS) is 15.4. The number of pyridine rings is 1. The molecule has 0 spiro atoms. The van der Waals surface area contributed by atoms with Crippen LogP contribution in [0.2, 0.25) is 0 Å². The van der Waals surface area contributed by atoms with Crippen LogP contribution < -0.4 is 15.5 Å². The van der Waals surface area contributed by atoms with Crippen LogP contribution in [0.3, 0.4) is 0 Å². The van der Waals surface area contributed by atoms with E-state index < -0.39 is 10.0 Å². The van der Waals surface area contributed by atoms with E-state index in [1.807, 2.05) is 0 Å². The molecule has 9 heteroatoms. The van der Waals surface area contributed by atoms with Crippen LogP contribution in [-0.2, 0) is 14.9 Å². The van der Waals surface area contributed by atoms with Crippen LogP contribution in [0.4, 0.5) is 5.69 Å². The Morgan fingerprint density at radius 1 is 1.15 bits per heavy atom. The molecule has 1 fully saturated rings. The minimum Gasteiger partial charge on any atom is -0.356 e. The molecular formula is C18H31N5O3S. The predicted molar refractivity (Wildman–Crippen MR) is 107 cm³/mol. The Bertz CT molecular complexity index is 648. The number of nitrogens with one attached hydrogen (secondary N) is 4. The number of rotatable bonds is 11. The molecule has 1 saturated carbocycles. The molecule has 0 bridgehead atoms. The first-order valence-corrected chi connectivity index (χ1v) is 11.3. The summed E-state index contributed by atoms with van der Waals surface area (Å²) in [7, 11) is -3.38. The van der Waals surface area contributed by atoms with Crippen molar-refractivity contribution in [3.05, 3.63) is 24.5 Å². The summed E-state index contributed by atoms with van der Waals surface area (Å²) in [5, 5.41) is 13.7. The average Bonchev–Trinajstić information content (AvgIpc) is 2.66. The van der Waals surface area contributed by atoms with E-state index in [9.17, 15) is 8.42 Å². The highest BCUT2D eigenvalue weighted by molar-refractivity contribution is 7.89. The lowest BCUT2D eigenvalue weighted by Crippen LogP contribution is -2.31. The first-order valence-electron chi connectivity index (χ1n) is 9.66. The van der Waals surface area contributed by atoms with Gasteiger partial charge in [-0.25, -0.2) is 8.42 Å². The van der Waals surface area contributed by atoms with E-state index in [2.05, 4.69) is 20.5 Å². The summed E-state index contributed by atoms with van der Waals surface area (Å²) in [5.74, 6) is 0.750. The number of sulfonamides is 1. The van der Waals surface area contributed by atoms with Crippen LogP contribution in [0.15, 0.2) is 24.5 Å². The maximum atomic E-state index is 11.9. The summed E-state index contributed by atoms with van der Waals surface area (Å²) < 4.78 is 23.8. The van der Waals surface area contributed by atoms with E-state index in [-0.39, 0.29) is 11.7 Å². The molecule has 0 unspecified atom stereocenters. The SMILES string of the molecule is N=C(NCCCCCS(=O)(=O)NOCC1CCCCC1)Nc1ccncc1. The van der Waals surface area contributed by atoms with Gasteiger partial charge in [-0.2, -0.15) is 0 Å². The largest absolute Gasteiger partial charge is 0.356 e. The van der Waals surface area contributed by atoms with E-state index in [1.165, 1.54) is 19.3 Å². The third-order valence-electron chi connectivity index (χ3n) is 4.57. The van der Waals surface area contributed by atoms with Crippen molar-refractivity contribution in [3.63, 3.8) is 0 Å². The molecule has 27 heavy (non-hydrogen) atoms. The van der Waals surface area contributed by atoms with Gasteiger partial charge in [-0.1, -0.05) is 30.6 Å². The number of anilines is 1. The highest BCUT2D eigenvalue weighted by atomic mass is 32.2. The van der Waals surface area contributed by atoms with Crippen molar-refractivity contribution >= 4 is 21.7 Å². The molecule has 1 aromatic rings. The molecule has 152 valence electrons. The Hall–Kier alpha value is -1.71. The molecule has 0 radical (unpaired) electrons. The van der Waals surface area contributed by atoms with E-state index in [0.717, 1.165) is 31.4 Å². The van der Waals surface area contributed by atoms with Crippen molar-refractivity contribution in [3.8, 4) is 0 Å². The third kappa shape index (κ3) is 9.69. The van der Waals surface area contributed by atoms with Gasteiger partial charge in [0.05, 0.1) is 12.4 Å². The first kappa shape index (κ1) is 21.6. The summed E-state index contributed by atoms with van der Waals surface area (Å²) in [6, 6.07) is 3.56. The van der Waals surface area contributed by atoms with Gasteiger partial charge in [0.15, 0.2) is 5.96 Å². The fraction of sp³-hybridized carbons (Fsp3) is 0.667. The maximum absolute atomic E-state index is 11.9. The zero-order valence-electron chi connectivity index (χ0n) is 15.7. The molecule has 1 aromatic heterocycles. The lowest BCUT2D eigenvalue weighted by Gasteiger charge is -2.21. The van der Waals surface area contributed by atoms with Gasteiger partial charge in [-0.15, -0.1) is 0 Å². The molecule has 4 N–H and O–H groups in total. The van der Waals surface area contributed by atoms with Gasteiger partial charge in [0.1, 0.15) is 0 Å². The van der Waals surface area contributed by atoms with Crippen molar-refractivity contribution in [2.75, 3.05) is 24.2 Å². The molecule has 1 aliphatic carbocycles. The Morgan fingerprint density at radius 2 is 1.89 bits per heavy atom. The smallest absolute Gasteiger partial charge is 0.233 e. The number of hydrogen-bond donors (Lipinski definition) is 4. The lowest BCUT2D eigenvalue weighted by atomic mass is 9.90. The van der Waals surface area contributed by atoms with Crippen molar-refractivity contribution in [2.45, 2.75) is 51.4 Å². The molecule has 0 saturated heterocycles. The summed E-state index contributed by atoms with van der Waals surface area (Å²) in [6.07, 6.45) is 11.4. The fourth-order valence-electron chi connectivity index (χ4n) is 3.07. The Balaban J connectivity index is 1.48. The Labute approximate surface area is 162 Å². The second-order valence-corrected chi connectivity index (χ2v) is 8.74. The molecule has 2 rings (SSSR count). The predicted octanol–water partition coefficient (Wildman–Crippen LogP) is 2.62. The second kappa shape index (κ2) is 11.9. The summed E-state index contributed by atoms with van der Waals surface area (Å²) in [6.45, 7) is 1.08. The van der Waals surface area contributed by atoms with E-state index in [0.29, 0.717) is 25.5 Å². The van der Waals surface area contributed by atoms with Crippen LogP contribution in [0.5, 0.6) is 0 Å². The highest BCUT2D eigenvalue weighted by Gasteiger charge is 2.15.